The normalized spacial score (nSPS) is 11.5. The number of nitrogens with one attached hydrogen (secondary N) is 1. The third kappa shape index (κ3) is 3.98. The number of benzene rings is 1. The monoisotopic (exact) mass is 370 g/mol. The van der Waals surface area contributed by atoms with Crippen LogP contribution in [0.3, 0.4) is 0 Å². The average molecular weight is 370 g/mol. The SMILES string of the molecule is NC(=O)C(OC(=O)c1ccc(NC(=O)c2ccco2)s1)c1ccccc1. The second-order valence-corrected chi connectivity index (χ2v) is 6.28. The van der Waals surface area contributed by atoms with Gasteiger partial charge in [-0.2, -0.15) is 0 Å². The largest absolute Gasteiger partial charge is 0.459 e. The van der Waals surface area contributed by atoms with Gasteiger partial charge in [0.25, 0.3) is 11.8 Å². The Morgan fingerprint density at radius 1 is 1.04 bits per heavy atom. The summed E-state index contributed by atoms with van der Waals surface area (Å²) < 4.78 is 10.2. The Kier molecular flexibility index (Phi) is 5.14. The van der Waals surface area contributed by atoms with E-state index in [-0.39, 0.29) is 10.6 Å². The molecule has 2 amide bonds. The van der Waals surface area contributed by atoms with Crippen molar-refractivity contribution in [3.63, 3.8) is 0 Å². The molecule has 0 saturated heterocycles. The molecule has 0 aliphatic heterocycles. The molecule has 8 heteroatoms. The average Bonchev–Trinajstić information content (AvgIpc) is 3.32. The summed E-state index contributed by atoms with van der Waals surface area (Å²) in [7, 11) is 0. The number of nitrogens with two attached hydrogens (primary N) is 1. The summed E-state index contributed by atoms with van der Waals surface area (Å²) in [5, 5.41) is 3.05. The minimum atomic E-state index is -1.19. The molecule has 0 saturated carbocycles. The van der Waals surface area contributed by atoms with Crippen LogP contribution in [0.25, 0.3) is 0 Å². The molecule has 0 aliphatic carbocycles. The van der Waals surface area contributed by atoms with Crippen molar-refractivity contribution in [1.29, 1.82) is 0 Å². The summed E-state index contributed by atoms with van der Waals surface area (Å²) in [5.74, 6) is -1.76. The Balaban J connectivity index is 1.69. The predicted octanol–water partition coefficient (Wildman–Crippen LogP) is 2.98. The molecular weight excluding hydrogens is 356 g/mol. The van der Waals surface area contributed by atoms with Gasteiger partial charge in [-0.05, 0) is 24.3 Å². The van der Waals surface area contributed by atoms with Gasteiger partial charge >= 0.3 is 5.97 Å². The first-order chi connectivity index (χ1) is 12.5. The minimum absolute atomic E-state index is 0.153. The van der Waals surface area contributed by atoms with Crippen molar-refractivity contribution in [1.82, 2.24) is 0 Å². The van der Waals surface area contributed by atoms with E-state index in [1.807, 2.05) is 0 Å². The molecule has 7 nitrogen and oxygen atoms in total. The van der Waals surface area contributed by atoms with Gasteiger partial charge in [0, 0.05) is 5.56 Å². The van der Waals surface area contributed by atoms with Gasteiger partial charge in [-0.3, -0.25) is 9.59 Å². The van der Waals surface area contributed by atoms with Crippen molar-refractivity contribution >= 4 is 34.1 Å². The first-order valence-corrected chi connectivity index (χ1v) is 8.36. The van der Waals surface area contributed by atoms with Crippen molar-refractivity contribution in [3.05, 3.63) is 77.1 Å². The third-order valence-electron chi connectivity index (χ3n) is 3.37. The number of rotatable bonds is 6. The molecule has 3 rings (SSSR count). The summed E-state index contributed by atoms with van der Waals surface area (Å²) >= 11 is 1.02. The number of furan rings is 1. The summed E-state index contributed by atoms with van der Waals surface area (Å²) in [4.78, 5) is 36.1. The van der Waals surface area contributed by atoms with E-state index in [0.29, 0.717) is 10.6 Å². The number of amides is 2. The first kappa shape index (κ1) is 17.4. The molecule has 0 radical (unpaired) electrons. The quantitative estimate of drug-likeness (QED) is 0.648. The number of carbonyl (C=O) groups excluding carboxylic acids is 3. The summed E-state index contributed by atoms with van der Waals surface area (Å²) in [6, 6.07) is 14.7. The molecule has 26 heavy (non-hydrogen) atoms. The van der Waals surface area contributed by atoms with E-state index in [4.69, 9.17) is 14.9 Å². The highest BCUT2D eigenvalue weighted by Gasteiger charge is 2.24. The predicted molar refractivity (Wildman–Crippen MR) is 94.8 cm³/mol. The van der Waals surface area contributed by atoms with Crippen LogP contribution in [-0.4, -0.2) is 17.8 Å². The van der Waals surface area contributed by atoms with Crippen LogP contribution < -0.4 is 11.1 Å². The van der Waals surface area contributed by atoms with E-state index in [1.165, 1.54) is 18.4 Å². The highest BCUT2D eigenvalue weighted by Crippen LogP contribution is 2.26. The molecule has 3 N–H and O–H groups in total. The van der Waals surface area contributed by atoms with Crippen molar-refractivity contribution in [2.24, 2.45) is 5.73 Å². The minimum Gasteiger partial charge on any atom is -0.459 e. The van der Waals surface area contributed by atoms with E-state index in [2.05, 4.69) is 5.32 Å². The standard InChI is InChI=1S/C18H14N2O5S/c19-16(21)15(11-5-2-1-3-6-11)25-18(23)13-8-9-14(26-13)20-17(22)12-7-4-10-24-12/h1-10,15H,(H2,19,21)(H,20,22). The molecule has 0 spiro atoms. The lowest BCUT2D eigenvalue weighted by atomic mass is 10.1. The van der Waals surface area contributed by atoms with Crippen LogP contribution in [-0.2, 0) is 9.53 Å². The zero-order chi connectivity index (χ0) is 18.5. The number of hydrogen-bond donors (Lipinski definition) is 2. The first-order valence-electron chi connectivity index (χ1n) is 7.54. The zero-order valence-corrected chi connectivity index (χ0v) is 14.2. The van der Waals surface area contributed by atoms with E-state index >= 15 is 0 Å². The maximum atomic E-state index is 12.3. The van der Waals surface area contributed by atoms with Crippen molar-refractivity contribution < 1.29 is 23.5 Å². The number of primary amides is 1. The molecule has 0 aliphatic rings. The number of carbonyl (C=O) groups is 3. The van der Waals surface area contributed by atoms with Gasteiger partial charge in [0.1, 0.15) is 4.88 Å². The van der Waals surface area contributed by atoms with E-state index in [9.17, 15) is 14.4 Å². The molecule has 1 atom stereocenters. The molecule has 132 valence electrons. The van der Waals surface area contributed by atoms with Gasteiger partial charge < -0.3 is 20.2 Å². The summed E-state index contributed by atoms with van der Waals surface area (Å²) in [6.07, 6.45) is 0.201. The van der Waals surface area contributed by atoms with Crippen molar-refractivity contribution in [3.8, 4) is 0 Å². The van der Waals surface area contributed by atoms with E-state index < -0.39 is 23.9 Å². The van der Waals surface area contributed by atoms with Gasteiger partial charge in [0.2, 0.25) is 6.10 Å². The van der Waals surface area contributed by atoms with Gasteiger partial charge in [-0.25, -0.2) is 4.79 Å². The number of hydrogen-bond acceptors (Lipinski definition) is 6. The highest BCUT2D eigenvalue weighted by atomic mass is 32.1. The Morgan fingerprint density at radius 3 is 2.46 bits per heavy atom. The van der Waals surface area contributed by atoms with Crippen molar-refractivity contribution in [2.45, 2.75) is 6.10 Å². The topological polar surface area (TPSA) is 112 Å². The summed E-state index contributed by atoms with van der Waals surface area (Å²) in [6.45, 7) is 0. The second kappa shape index (κ2) is 7.66. The van der Waals surface area contributed by atoms with Crippen LogP contribution in [0.15, 0.2) is 65.3 Å². The van der Waals surface area contributed by atoms with Gasteiger partial charge in [-0.15, -0.1) is 11.3 Å². The van der Waals surface area contributed by atoms with E-state index in [1.54, 1.807) is 42.5 Å². The molecule has 0 fully saturated rings. The van der Waals surface area contributed by atoms with Gasteiger partial charge in [0.05, 0.1) is 11.3 Å². The van der Waals surface area contributed by atoms with E-state index in [0.717, 1.165) is 11.3 Å². The van der Waals surface area contributed by atoms with Crippen LogP contribution in [0, 0.1) is 0 Å². The Labute approximate surface area is 152 Å². The van der Waals surface area contributed by atoms with Crippen LogP contribution in [0.5, 0.6) is 0 Å². The number of esters is 1. The number of anilines is 1. The molecule has 2 heterocycles. The van der Waals surface area contributed by atoms with Crippen LogP contribution in [0.1, 0.15) is 31.9 Å². The lowest BCUT2D eigenvalue weighted by molar-refractivity contribution is -0.127. The Bertz CT molecular complexity index is 918. The maximum absolute atomic E-state index is 12.3. The second-order valence-electron chi connectivity index (χ2n) is 5.19. The fraction of sp³-hybridized carbons (Fsp3) is 0.0556. The Morgan fingerprint density at radius 2 is 1.81 bits per heavy atom. The molecule has 0 bridgehead atoms. The smallest absolute Gasteiger partial charge is 0.349 e. The zero-order valence-electron chi connectivity index (χ0n) is 13.4. The fourth-order valence-electron chi connectivity index (χ4n) is 2.18. The van der Waals surface area contributed by atoms with Crippen molar-refractivity contribution in [2.75, 3.05) is 5.32 Å². The number of thiophene rings is 1. The van der Waals surface area contributed by atoms with Crippen LogP contribution in [0.4, 0.5) is 5.00 Å². The van der Waals surface area contributed by atoms with Crippen LogP contribution in [0.2, 0.25) is 0 Å². The fourth-order valence-corrected chi connectivity index (χ4v) is 2.96. The maximum Gasteiger partial charge on any atom is 0.349 e. The third-order valence-corrected chi connectivity index (χ3v) is 4.36. The van der Waals surface area contributed by atoms with Gasteiger partial charge in [0.15, 0.2) is 5.76 Å². The van der Waals surface area contributed by atoms with Crippen LogP contribution >= 0.6 is 11.3 Å². The van der Waals surface area contributed by atoms with Gasteiger partial charge in [-0.1, -0.05) is 30.3 Å². The molecule has 1 aromatic carbocycles. The molecule has 3 aromatic rings. The lowest BCUT2D eigenvalue weighted by Gasteiger charge is -2.14. The molecule has 1 unspecified atom stereocenters. The lowest BCUT2D eigenvalue weighted by Crippen LogP contribution is -2.26. The highest BCUT2D eigenvalue weighted by molar-refractivity contribution is 7.18. The Hall–Kier alpha value is -3.39. The molecule has 2 aromatic heterocycles. The summed E-state index contributed by atoms with van der Waals surface area (Å²) in [5.41, 5.74) is 5.82. The molecular formula is C18H14N2O5S. The number of ether oxygens (including phenoxy) is 1.